The molecule has 1 aromatic heterocycles. The molecule has 1 heterocycles. The number of nitrogens with one attached hydrogen (secondary N) is 1. The molecule has 1 N–H and O–H groups in total. The Hall–Kier alpha value is -1.64. The Morgan fingerprint density at radius 1 is 1.29 bits per heavy atom. The van der Waals surface area contributed by atoms with E-state index in [1.807, 2.05) is 6.07 Å². The van der Waals surface area contributed by atoms with Crippen LogP contribution in [0, 0.1) is 5.82 Å². The highest BCUT2D eigenvalue weighted by Crippen LogP contribution is 2.06. The van der Waals surface area contributed by atoms with Gasteiger partial charge in [-0.15, -0.1) is 0 Å². The van der Waals surface area contributed by atoms with Gasteiger partial charge in [0.2, 0.25) is 0 Å². The third-order valence-corrected chi connectivity index (χ3v) is 2.13. The summed E-state index contributed by atoms with van der Waals surface area (Å²) in [7, 11) is 0. The zero-order valence-electron chi connectivity index (χ0n) is 7.70. The first-order valence-electron chi connectivity index (χ1n) is 4.56. The molecule has 0 amide bonds. The molecule has 0 bridgehead atoms. The maximum absolute atomic E-state index is 12.8. The zero-order chi connectivity index (χ0) is 9.80. The smallest absolute Gasteiger partial charge is 0.123 e. The normalized spacial score (nSPS) is 10.4. The number of aryl methyl sites for hydroxylation is 2. The lowest BCUT2D eigenvalue weighted by Gasteiger charge is -1.99. The second kappa shape index (κ2) is 4.05. The van der Waals surface area contributed by atoms with Crippen molar-refractivity contribution < 1.29 is 4.39 Å². The highest BCUT2D eigenvalue weighted by atomic mass is 19.1. The fourth-order valence-corrected chi connectivity index (χ4v) is 1.39. The van der Waals surface area contributed by atoms with Gasteiger partial charge < -0.3 is 4.98 Å². The number of hydrogen-bond donors (Lipinski definition) is 1. The van der Waals surface area contributed by atoms with E-state index in [1.165, 1.54) is 6.07 Å². The van der Waals surface area contributed by atoms with E-state index >= 15 is 0 Å². The van der Waals surface area contributed by atoms with Crippen molar-refractivity contribution in [3.63, 3.8) is 0 Å². The zero-order valence-corrected chi connectivity index (χ0v) is 7.70. The molecule has 0 saturated heterocycles. The van der Waals surface area contributed by atoms with E-state index in [0.717, 1.165) is 24.1 Å². The molecule has 2 rings (SSSR count). The van der Waals surface area contributed by atoms with Crippen molar-refractivity contribution in [2.75, 3.05) is 0 Å². The Morgan fingerprint density at radius 2 is 2.21 bits per heavy atom. The summed E-state index contributed by atoms with van der Waals surface area (Å²) < 4.78 is 12.8. The van der Waals surface area contributed by atoms with Crippen molar-refractivity contribution >= 4 is 0 Å². The monoisotopic (exact) mass is 190 g/mol. The average molecular weight is 190 g/mol. The van der Waals surface area contributed by atoms with Crippen molar-refractivity contribution in [1.82, 2.24) is 9.97 Å². The lowest BCUT2D eigenvalue weighted by atomic mass is 10.1. The van der Waals surface area contributed by atoms with Gasteiger partial charge >= 0.3 is 0 Å². The van der Waals surface area contributed by atoms with Crippen molar-refractivity contribution in [3.05, 3.63) is 53.9 Å². The predicted octanol–water partition coefficient (Wildman–Crippen LogP) is 2.33. The standard InChI is InChI=1S/C11H11FN2/c12-10-3-1-2-9(6-10)4-5-11-7-13-8-14-11/h1-3,6-8H,4-5H2,(H,13,14). The van der Waals surface area contributed by atoms with Gasteiger partial charge in [-0.1, -0.05) is 12.1 Å². The first kappa shape index (κ1) is 8.94. The summed E-state index contributed by atoms with van der Waals surface area (Å²) in [6.07, 6.45) is 5.14. The van der Waals surface area contributed by atoms with Crippen LogP contribution in [-0.2, 0) is 12.8 Å². The SMILES string of the molecule is Fc1cccc(CCc2cnc[nH]2)c1. The molecule has 14 heavy (non-hydrogen) atoms. The van der Waals surface area contributed by atoms with Gasteiger partial charge in [-0.05, 0) is 30.5 Å². The minimum atomic E-state index is -0.174. The number of halogens is 1. The Morgan fingerprint density at radius 3 is 2.93 bits per heavy atom. The van der Waals surface area contributed by atoms with E-state index in [4.69, 9.17) is 0 Å². The van der Waals surface area contributed by atoms with Crippen molar-refractivity contribution in [2.24, 2.45) is 0 Å². The number of H-pyrrole nitrogens is 1. The molecule has 0 fully saturated rings. The molecule has 3 heteroatoms. The molecule has 0 radical (unpaired) electrons. The van der Waals surface area contributed by atoms with Crippen LogP contribution in [0.25, 0.3) is 0 Å². The maximum atomic E-state index is 12.8. The van der Waals surface area contributed by atoms with Crippen LogP contribution in [0.15, 0.2) is 36.8 Å². The number of aromatic amines is 1. The van der Waals surface area contributed by atoms with E-state index in [0.29, 0.717) is 0 Å². The van der Waals surface area contributed by atoms with E-state index in [2.05, 4.69) is 9.97 Å². The summed E-state index contributed by atoms with van der Waals surface area (Å²) in [5, 5.41) is 0. The second-order valence-corrected chi connectivity index (χ2v) is 3.21. The van der Waals surface area contributed by atoms with E-state index in [-0.39, 0.29) is 5.82 Å². The number of nitrogens with zero attached hydrogens (tertiary/aromatic N) is 1. The molecule has 72 valence electrons. The van der Waals surface area contributed by atoms with Gasteiger partial charge in [0.15, 0.2) is 0 Å². The van der Waals surface area contributed by atoms with E-state index in [1.54, 1.807) is 24.7 Å². The van der Waals surface area contributed by atoms with Crippen LogP contribution < -0.4 is 0 Å². The van der Waals surface area contributed by atoms with Crippen molar-refractivity contribution in [1.29, 1.82) is 0 Å². The third-order valence-electron chi connectivity index (χ3n) is 2.13. The van der Waals surface area contributed by atoms with Crippen LogP contribution in [0.3, 0.4) is 0 Å². The predicted molar refractivity (Wildman–Crippen MR) is 52.4 cm³/mol. The topological polar surface area (TPSA) is 28.7 Å². The molecular formula is C11H11FN2. The molecule has 0 aliphatic carbocycles. The summed E-state index contributed by atoms with van der Waals surface area (Å²) in [6, 6.07) is 6.69. The second-order valence-electron chi connectivity index (χ2n) is 3.21. The molecule has 0 spiro atoms. The molecule has 0 aliphatic heterocycles. The summed E-state index contributed by atoms with van der Waals surface area (Å²) in [6.45, 7) is 0. The highest BCUT2D eigenvalue weighted by molar-refractivity contribution is 5.17. The lowest BCUT2D eigenvalue weighted by Crippen LogP contribution is -1.91. The van der Waals surface area contributed by atoms with Crippen molar-refractivity contribution in [3.8, 4) is 0 Å². The third kappa shape index (κ3) is 2.19. The summed E-state index contributed by atoms with van der Waals surface area (Å²) >= 11 is 0. The van der Waals surface area contributed by atoms with Crippen LogP contribution in [0.4, 0.5) is 4.39 Å². The van der Waals surface area contributed by atoms with Crippen LogP contribution in [-0.4, -0.2) is 9.97 Å². The van der Waals surface area contributed by atoms with Crippen LogP contribution in [0.1, 0.15) is 11.3 Å². The quantitative estimate of drug-likeness (QED) is 0.790. The molecule has 2 nitrogen and oxygen atoms in total. The summed E-state index contributed by atoms with van der Waals surface area (Å²) in [5.74, 6) is -0.174. The number of rotatable bonds is 3. The van der Waals surface area contributed by atoms with Gasteiger partial charge in [0.05, 0.1) is 6.33 Å². The summed E-state index contributed by atoms with van der Waals surface area (Å²) in [5.41, 5.74) is 2.09. The van der Waals surface area contributed by atoms with E-state index in [9.17, 15) is 4.39 Å². The minimum absolute atomic E-state index is 0.174. The maximum Gasteiger partial charge on any atom is 0.123 e. The number of imidazole rings is 1. The van der Waals surface area contributed by atoms with Gasteiger partial charge in [-0.25, -0.2) is 9.37 Å². The highest BCUT2D eigenvalue weighted by Gasteiger charge is 1.97. The van der Waals surface area contributed by atoms with E-state index < -0.39 is 0 Å². The molecule has 0 unspecified atom stereocenters. The van der Waals surface area contributed by atoms with Gasteiger partial charge in [0.25, 0.3) is 0 Å². The number of aromatic nitrogens is 2. The first-order chi connectivity index (χ1) is 6.84. The van der Waals surface area contributed by atoms with Gasteiger partial charge in [-0.2, -0.15) is 0 Å². The van der Waals surface area contributed by atoms with Crippen LogP contribution in [0.2, 0.25) is 0 Å². The molecule has 0 atom stereocenters. The summed E-state index contributed by atoms with van der Waals surface area (Å²) in [4.78, 5) is 6.94. The fraction of sp³-hybridized carbons (Fsp3) is 0.182. The molecule has 0 aliphatic rings. The van der Waals surface area contributed by atoms with Gasteiger partial charge in [0.1, 0.15) is 5.82 Å². The minimum Gasteiger partial charge on any atom is -0.348 e. The van der Waals surface area contributed by atoms with Gasteiger partial charge in [0, 0.05) is 11.9 Å². The Bertz CT molecular complexity index is 395. The van der Waals surface area contributed by atoms with Crippen LogP contribution >= 0.6 is 0 Å². The lowest BCUT2D eigenvalue weighted by molar-refractivity contribution is 0.625. The Kier molecular flexibility index (Phi) is 2.58. The molecule has 1 aromatic carbocycles. The average Bonchev–Trinajstić information content (AvgIpc) is 2.67. The number of benzene rings is 1. The molecular weight excluding hydrogens is 179 g/mol. The van der Waals surface area contributed by atoms with Crippen LogP contribution in [0.5, 0.6) is 0 Å². The van der Waals surface area contributed by atoms with Gasteiger partial charge in [-0.3, -0.25) is 0 Å². The fourth-order valence-electron chi connectivity index (χ4n) is 1.39. The molecule has 2 aromatic rings. The largest absolute Gasteiger partial charge is 0.348 e. The van der Waals surface area contributed by atoms with Crippen molar-refractivity contribution in [2.45, 2.75) is 12.8 Å². The molecule has 0 saturated carbocycles. The number of hydrogen-bond acceptors (Lipinski definition) is 1. The Balaban J connectivity index is 1.98. The first-order valence-corrected chi connectivity index (χ1v) is 4.56. The Labute approximate surface area is 81.8 Å².